The fraction of sp³-hybridized carbons (Fsp3) is 0.200. The number of carbonyl (C=O) groups excluding carboxylic acids is 2. The Balaban J connectivity index is 3.15. The molecule has 0 N–H and O–H groups in total. The van der Waals surface area contributed by atoms with Gasteiger partial charge in [-0.3, -0.25) is 9.59 Å². The van der Waals surface area contributed by atoms with Crippen molar-refractivity contribution < 1.29 is 31.9 Å². The molecule has 0 aliphatic rings. The third-order valence-electron chi connectivity index (χ3n) is 1.94. The zero-order chi connectivity index (χ0) is 13.2. The van der Waals surface area contributed by atoms with Gasteiger partial charge in [0.05, 0.1) is 12.7 Å². The van der Waals surface area contributed by atoms with Crippen LogP contribution in [-0.4, -0.2) is 18.9 Å². The van der Waals surface area contributed by atoms with Crippen molar-refractivity contribution in [3.63, 3.8) is 0 Å². The molecule has 0 atom stereocenters. The summed E-state index contributed by atoms with van der Waals surface area (Å²) in [6, 6.07) is 0.193. The average molecular weight is 250 g/mol. The van der Waals surface area contributed by atoms with E-state index in [-0.39, 0.29) is 6.07 Å². The number of ether oxygens (including phenoxy) is 1. The van der Waals surface area contributed by atoms with Crippen LogP contribution < -0.4 is 0 Å². The SMILES string of the molecule is COC(=O)CC(=O)c1cc(F)c(F)c(F)c1F. The Morgan fingerprint density at radius 1 is 1.12 bits per heavy atom. The molecule has 1 aromatic carbocycles. The molecular formula is C10H6F4O3. The van der Waals surface area contributed by atoms with E-state index in [1.165, 1.54) is 0 Å². The molecule has 1 aromatic rings. The molecule has 0 fully saturated rings. The van der Waals surface area contributed by atoms with Crippen molar-refractivity contribution >= 4 is 11.8 Å². The largest absolute Gasteiger partial charge is 0.469 e. The van der Waals surface area contributed by atoms with Crippen LogP contribution in [0.25, 0.3) is 0 Å². The van der Waals surface area contributed by atoms with Gasteiger partial charge in [0.1, 0.15) is 6.42 Å². The molecule has 17 heavy (non-hydrogen) atoms. The Morgan fingerprint density at radius 3 is 2.24 bits per heavy atom. The highest BCUT2D eigenvalue weighted by atomic mass is 19.2. The van der Waals surface area contributed by atoms with Crippen LogP contribution in [-0.2, 0) is 9.53 Å². The van der Waals surface area contributed by atoms with Crippen LogP contribution in [0, 0.1) is 23.3 Å². The van der Waals surface area contributed by atoms with Gasteiger partial charge in [0.25, 0.3) is 0 Å². The van der Waals surface area contributed by atoms with Gasteiger partial charge in [0.2, 0.25) is 0 Å². The van der Waals surface area contributed by atoms with Crippen LogP contribution in [0.4, 0.5) is 17.6 Å². The minimum absolute atomic E-state index is 0.193. The van der Waals surface area contributed by atoms with E-state index in [0.29, 0.717) is 0 Å². The first kappa shape index (κ1) is 13.1. The number of hydrogen-bond acceptors (Lipinski definition) is 3. The molecule has 0 aliphatic carbocycles. The van der Waals surface area contributed by atoms with Crippen molar-refractivity contribution in [3.05, 3.63) is 34.9 Å². The normalized spacial score (nSPS) is 10.2. The Morgan fingerprint density at radius 2 is 1.71 bits per heavy atom. The third kappa shape index (κ3) is 2.61. The Bertz CT molecular complexity index is 485. The van der Waals surface area contributed by atoms with E-state index >= 15 is 0 Å². The number of hydrogen-bond donors (Lipinski definition) is 0. The molecule has 1 rings (SSSR count). The summed E-state index contributed by atoms with van der Waals surface area (Å²) >= 11 is 0. The second-order valence-electron chi connectivity index (χ2n) is 3.02. The van der Waals surface area contributed by atoms with Crippen LogP contribution in [0.1, 0.15) is 16.8 Å². The van der Waals surface area contributed by atoms with Crippen molar-refractivity contribution in [2.45, 2.75) is 6.42 Å². The van der Waals surface area contributed by atoms with Crippen molar-refractivity contribution in [2.75, 3.05) is 7.11 Å². The highest BCUT2D eigenvalue weighted by Crippen LogP contribution is 2.19. The second-order valence-corrected chi connectivity index (χ2v) is 3.02. The van der Waals surface area contributed by atoms with Gasteiger partial charge in [-0.15, -0.1) is 0 Å². The molecule has 0 radical (unpaired) electrons. The molecule has 0 aromatic heterocycles. The zero-order valence-electron chi connectivity index (χ0n) is 8.52. The topological polar surface area (TPSA) is 43.4 Å². The minimum atomic E-state index is -2.10. The predicted molar refractivity (Wildman–Crippen MR) is 47.2 cm³/mol. The van der Waals surface area contributed by atoms with E-state index < -0.39 is 47.0 Å². The summed E-state index contributed by atoms with van der Waals surface area (Å²) in [6.07, 6.45) is -0.891. The van der Waals surface area contributed by atoms with E-state index in [2.05, 4.69) is 4.74 Å². The maximum atomic E-state index is 13.1. The first-order chi connectivity index (χ1) is 7.88. The zero-order valence-corrected chi connectivity index (χ0v) is 8.52. The number of ketones is 1. The first-order valence-corrected chi connectivity index (χ1v) is 4.31. The smallest absolute Gasteiger partial charge is 0.313 e. The lowest BCUT2D eigenvalue weighted by Crippen LogP contribution is -2.13. The molecule has 0 saturated carbocycles. The summed E-state index contributed by atoms with van der Waals surface area (Å²) < 4.78 is 55.3. The van der Waals surface area contributed by atoms with E-state index in [9.17, 15) is 27.2 Å². The van der Waals surface area contributed by atoms with Crippen LogP contribution in [0.5, 0.6) is 0 Å². The number of methoxy groups -OCH3 is 1. The number of halogens is 4. The molecule has 0 bridgehead atoms. The maximum Gasteiger partial charge on any atom is 0.313 e. The lowest BCUT2D eigenvalue weighted by Gasteiger charge is -2.04. The lowest BCUT2D eigenvalue weighted by atomic mass is 10.1. The number of carbonyl (C=O) groups is 2. The summed E-state index contributed by atoms with van der Waals surface area (Å²) in [7, 11) is 0.984. The monoisotopic (exact) mass is 250 g/mol. The number of rotatable bonds is 3. The molecule has 0 saturated heterocycles. The van der Waals surface area contributed by atoms with Gasteiger partial charge in [0.15, 0.2) is 29.1 Å². The quantitative estimate of drug-likeness (QED) is 0.206. The van der Waals surface area contributed by atoms with Gasteiger partial charge in [-0.2, -0.15) is 0 Å². The maximum absolute atomic E-state index is 13.1. The van der Waals surface area contributed by atoms with Gasteiger partial charge in [0, 0.05) is 0 Å². The third-order valence-corrected chi connectivity index (χ3v) is 1.94. The van der Waals surface area contributed by atoms with Crippen molar-refractivity contribution in [1.29, 1.82) is 0 Å². The molecule has 92 valence electrons. The second kappa shape index (κ2) is 4.94. The van der Waals surface area contributed by atoms with Crippen LogP contribution in [0.15, 0.2) is 6.07 Å². The van der Waals surface area contributed by atoms with Crippen molar-refractivity contribution in [1.82, 2.24) is 0 Å². The van der Waals surface area contributed by atoms with Crippen LogP contribution in [0.3, 0.4) is 0 Å². The fourth-order valence-corrected chi connectivity index (χ4v) is 1.07. The van der Waals surface area contributed by atoms with Gasteiger partial charge in [-0.1, -0.05) is 0 Å². The lowest BCUT2D eigenvalue weighted by molar-refractivity contribution is -0.139. The van der Waals surface area contributed by atoms with E-state index in [0.717, 1.165) is 7.11 Å². The van der Waals surface area contributed by atoms with Crippen molar-refractivity contribution in [3.8, 4) is 0 Å². The van der Waals surface area contributed by atoms with E-state index in [4.69, 9.17) is 0 Å². The molecule has 3 nitrogen and oxygen atoms in total. The van der Waals surface area contributed by atoms with Crippen LogP contribution in [0.2, 0.25) is 0 Å². The van der Waals surface area contributed by atoms with Gasteiger partial charge < -0.3 is 4.74 Å². The van der Waals surface area contributed by atoms with Gasteiger partial charge in [-0.05, 0) is 6.07 Å². The van der Waals surface area contributed by atoms with E-state index in [1.54, 1.807) is 0 Å². The first-order valence-electron chi connectivity index (χ1n) is 4.31. The Hall–Kier alpha value is -1.92. The molecule has 0 aliphatic heterocycles. The summed E-state index contributed by atoms with van der Waals surface area (Å²) in [5.74, 6) is -9.86. The molecule has 7 heteroatoms. The van der Waals surface area contributed by atoms with Gasteiger partial charge >= 0.3 is 5.97 Å². The number of benzene rings is 1. The average Bonchev–Trinajstić information content (AvgIpc) is 2.30. The standard InChI is InChI=1S/C10H6F4O3/c1-17-7(16)3-6(15)4-2-5(11)9(13)10(14)8(4)12/h2H,3H2,1H3. The summed E-state index contributed by atoms with van der Waals surface area (Å²) in [4.78, 5) is 22.0. The summed E-state index contributed by atoms with van der Waals surface area (Å²) in [6.45, 7) is 0. The van der Waals surface area contributed by atoms with E-state index in [1.807, 2.05) is 0 Å². The molecular weight excluding hydrogens is 244 g/mol. The Labute approximate surface area is 93.0 Å². The number of esters is 1. The minimum Gasteiger partial charge on any atom is -0.469 e. The molecule has 0 amide bonds. The molecule has 0 spiro atoms. The van der Waals surface area contributed by atoms with Crippen LogP contribution >= 0.6 is 0 Å². The highest BCUT2D eigenvalue weighted by molar-refractivity contribution is 6.06. The summed E-state index contributed by atoms with van der Waals surface area (Å²) in [5, 5.41) is 0. The fourth-order valence-electron chi connectivity index (χ4n) is 1.07. The number of Topliss-reactive ketones (excluding diaryl/α,β-unsaturated/α-hetero) is 1. The predicted octanol–water partition coefficient (Wildman–Crippen LogP) is 1.99. The van der Waals surface area contributed by atoms with Crippen molar-refractivity contribution in [2.24, 2.45) is 0 Å². The highest BCUT2D eigenvalue weighted by Gasteiger charge is 2.24. The Kier molecular flexibility index (Phi) is 3.82. The summed E-state index contributed by atoms with van der Waals surface area (Å²) in [5.41, 5.74) is -1.04. The van der Waals surface area contributed by atoms with Gasteiger partial charge in [-0.25, -0.2) is 17.6 Å². The molecule has 0 unspecified atom stereocenters. The molecule has 0 heterocycles.